The Hall–Kier alpha value is -5.68. The molecular weight excluding hydrogens is 555 g/mol. The summed E-state index contributed by atoms with van der Waals surface area (Å²) in [5.41, 5.74) is 11.2. The zero-order valence-electron chi connectivity index (χ0n) is 23.6. The van der Waals surface area contributed by atoms with Gasteiger partial charge in [-0.2, -0.15) is 10.5 Å². The highest BCUT2D eigenvalue weighted by atomic mass is 32.1. The molecule has 204 valence electrons. The second-order valence-electron chi connectivity index (χ2n) is 11.5. The summed E-state index contributed by atoms with van der Waals surface area (Å²) in [4.78, 5) is 0. The molecule has 0 spiro atoms. The van der Waals surface area contributed by atoms with E-state index in [-0.39, 0.29) is 5.92 Å². The van der Waals surface area contributed by atoms with Gasteiger partial charge >= 0.3 is 0 Å². The summed E-state index contributed by atoms with van der Waals surface area (Å²) in [6, 6.07) is 47.4. The molecule has 4 heteroatoms. The Labute approximate surface area is 258 Å². The van der Waals surface area contributed by atoms with E-state index in [1.54, 1.807) is 0 Å². The monoisotopic (exact) mass is 577 g/mol. The number of fused-ring (bicyclic) bond motifs is 9. The van der Waals surface area contributed by atoms with Crippen LogP contribution in [0, 0.1) is 22.7 Å². The van der Waals surface area contributed by atoms with Crippen molar-refractivity contribution in [3.63, 3.8) is 0 Å². The highest BCUT2D eigenvalue weighted by molar-refractivity contribution is 7.26. The minimum Gasteiger partial charge on any atom is -0.309 e. The number of hydrogen-bond acceptors (Lipinski definition) is 3. The van der Waals surface area contributed by atoms with Gasteiger partial charge in [-0.25, -0.2) is 0 Å². The van der Waals surface area contributed by atoms with Crippen molar-refractivity contribution in [2.45, 2.75) is 12.3 Å². The fourth-order valence-electron chi connectivity index (χ4n) is 7.35. The molecule has 1 aliphatic carbocycles. The van der Waals surface area contributed by atoms with Crippen LogP contribution < -0.4 is 0 Å². The minimum absolute atomic E-state index is 0.267. The summed E-state index contributed by atoms with van der Waals surface area (Å²) in [6.07, 6.45) is 0.975. The summed E-state index contributed by atoms with van der Waals surface area (Å²) in [5.74, 6) is 0.267. The molecule has 0 saturated carbocycles. The Balaban J connectivity index is 1.32. The maximum atomic E-state index is 9.67. The van der Waals surface area contributed by atoms with Crippen molar-refractivity contribution in [1.82, 2.24) is 4.57 Å². The maximum Gasteiger partial charge on any atom is 0.0991 e. The van der Waals surface area contributed by atoms with E-state index in [9.17, 15) is 10.5 Å². The Morgan fingerprint density at radius 2 is 1.27 bits per heavy atom. The molecule has 2 heterocycles. The second kappa shape index (κ2) is 9.41. The van der Waals surface area contributed by atoms with Gasteiger partial charge in [-0.1, -0.05) is 72.8 Å². The first-order valence-corrected chi connectivity index (χ1v) is 15.6. The topological polar surface area (TPSA) is 52.5 Å². The van der Waals surface area contributed by atoms with Crippen LogP contribution in [0.3, 0.4) is 0 Å². The molecule has 6 aromatic carbocycles. The van der Waals surface area contributed by atoms with Gasteiger partial charge in [-0.15, -0.1) is 11.3 Å². The molecule has 1 aliphatic rings. The van der Waals surface area contributed by atoms with Crippen LogP contribution in [0.1, 0.15) is 33.7 Å². The van der Waals surface area contributed by atoms with E-state index >= 15 is 0 Å². The van der Waals surface area contributed by atoms with Crippen molar-refractivity contribution in [2.24, 2.45) is 0 Å². The SMILES string of the molecule is N#Cc1ccc2c(c1)c1cc(C#N)ccc1n2-c1cccc2sc3c(C4Cc5ccccc5-c5ccccc54)cccc3c12. The van der Waals surface area contributed by atoms with Crippen molar-refractivity contribution < 1.29 is 0 Å². The molecule has 0 amide bonds. The number of aromatic nitrogens is 1. The molecule has 0 fully saturated rings. The first kappa shape index (κ1) is 24.9. The fourth-order valence-corrected chi connectivity index (χ4v) is 8.64. The average molecular weight is 578 g/mol. The van der Waals surface area contributed by atoms with Crippen molar-refractivity contribution in [3.8, 4) is 29.0 Å². The average Bonchev–Trinajstić information content (AvgIpc) is 3.63. The van der Waals surface area contributed by atoms with E-state index in [0.717, 1.165) is 33.9 Å². The van der Waals surface area contributed by atoms with Gasteiger partial charge < -0.3 is 4.57 Å². The largest absolute Gasteiger partial charge is 0.309 e. The van der Waals surface area contributed by atoms with Crippen molar-refractivity contribution >= 4 is 53.3 Å². The van der Waals surface area contributed by atoms with Crippen molar-refractivity contribution in [1.29, 1.82) is 10.5 Å². The molecule has 0 N–H and O–H groups in total. The van der Waals surface area contributed by atoms with E-state index in [0.29, 0.717) is 11.1 Å². The zero-order chi connectivity index (χ0) is 29.4. The first-order valence-electron chi connectivity index (χ1n) is 14.7. The summed E-state index contributed by atoms with van der Waals surface area (Å²) in [5, 5.41) is 23.8. The molecule has 3 nitrogen and oxygen atoms in total. The quantitative estimate of drug-likeness (QED) is 0.205. The van der Waals surface area contributed by atoms with Gasteiger partial charge in [0.05, 0.1) is 40.0 Å². The lowest BCUT2D eigenvalue weighted by Crippen LogP contribution is -2.12. The number of benzene rings is 6. The van der Waals surface area contributed by atoms with Crippen LogP contribution in [0.5, 0.6) is 0 Å². The molecule has 1 unspecified atom stereocenters. The van der Waals surface area contributed by atoms with E-state index in [2.05, 4.69) is 102 Å². The van der Waals surface area contributed by atoms with Crippen molar-refractivity contribution in [2.75, 3.05) is 0 Å². The lowest BCUT2D eigenvalue weighted by molar-refractivity contribution is 0.801. The minimum atomic E-state index is 0.267. The van der Waals surface area contributed by atoms with Crippen LogP contribution in [0.2, 0.25) is 0 Å². The van der Waals surface area contributed by atoms with Gasteiger partial charge in [-0.05, 0) is 82.8 Å². The molecule has 44 heavy (non-hydrogen) atoms. The molecule has 0 radical (unpaired) electrons. The number of hydrogen-bond donors (Lipinski definition) is 0. The predicted octanol–water partition coefficient (Wildman–Crippen LogP) is 10.2. The molecule has 0 saturated heterocycles. The third kappa shape index (κ3) is 3.47. The van der Waals surface area contributed by atoms with Crippen LogP contribution >= 0.6 is 11.3 Å². The summed E-state index contributed by atoms with van der Waals surface area (Å²) < 4.78 is 4.88. The molecule has 2 aromatic heterocycles. The van der Waals surface area contributed by atoms with Gasteiger partial charge in [0.1, 0.15) is 0 Å². The molecule has 0 aliphatic heterocycles. The number of nitrogens with zero attached hydrogens (tertiary/aromatic N) is 3. The maximum absolute atomic E-state index is 9.67. The smallest absolute Gasteiger partial charge is 0.0991 e. The summed E-state index contributed by atoms with van der Waals surface area (Å²) >= 11 is 1.87. The lowest BCUT2D eigenvalue weighted by atomic mass is 9.75. The van der Waals surface area contributed by atoms with E-state index in [1.165, 1.54) is 48.0 Å². The molecule has 9 rings (SSSR count). The van der Waals surface area contributed by atoms with Crippen LogP contribution in [-0.2, 0) is 6.42 Å². The van der Waals surface area contributed by atoms with Gasteiger partial charge in [0.25, 0.3) is 0 Å². The highest BCUT2D eigenvalue weighted by Crippen LogP contribution is 2.48. The van der Waals surface area contributed by atoms with E-state index in [1.807, 2.05) is 47.7 Å². The van der Waals surface area contributed by atoms with Gasteiger partial charge in [-0.3, -0.25) is 0 Å². The molecule has 1 atom stereocenters. The second-order valence-corrected chi connectivity index (χ2v) is 12.6. The Kier molecular flexibility index (Phi) is 5.32. The van der Waals surface area contributed by atoms with Crippen LogP contribution in [0.25, 0.3) is 58.8 Å². The standard InChI is InChI=1S/C40H23N3S/c41-22-24-15-17-35-33(19-24)34-20-25(23-42)16-18-36(34)43(35)37-13-6-14-38-39(37)31-12-5-11-30(40(31)44-38)32-21-26-7-1-2-8-27(26)28-9-3-4-10-29(28)32/h1-20,32H,21H2. The normalized spacial score (nSPS) is 14.0. The van der Waals surface area contributed by atoms with E-state index < -0.39 is 0 Å². The number of rotatable bonds is 2. The molecule has 0 bridgehead atoms. The number of thiophene rings is 1. The highest BCUT2D eigenvalue weighted by Gasteiger charge is 2.28. The third-order valence-electron chi connectivity index (χ3n) is 9.24. The van der Waals surface area contributed by atoms with Crippen LogP contribution in [0.15, 0.2) is 121 Å². The Morgan fingerprint density at radius 3 is 2.02 bits per heavy atom. The summed E-state index contributed by atoms with van der Waals surface area (Å²) in [6.45, 7) is 0. The Bertz CT molecular complexity index is 2500. The van der Waals surface area contributed by atoms with Crippen LogP contribution in [0.4, 0.5) is 0 Å². The van der Waals surface area contributed by atoms with E-state index in [4.69, 9.17) is 0 Å². The van der Waals surface area contributed by atoms with Crippen LogP contribution in [-0.4, -0.2) is 4.57 Å². The lowest BCUT2D eigenvalue weighted by Gasteiger charge is -2.28. The van der Waals surface area contributed by atoms with Gasteiger partial charge in [0.2, 0.25) is 0 Å². The Morgan fingerprint density at radius 1 is 0.614 bits per heavy atom. The number of nitriles is 2. The third-order valence-corrected chi connectivity index (χ3v) is 10.5. The predicted molar refractivity (Wildman–Crippen MR) is 181 cm³/mol. The molecule has 8 aromatic rings. The van der Waals surface area contributed by atoms with Gasteiger partial charge in [0.15, 0.2) is 0 Å². The summed E-state index contributed by atoms with van der Waals surface area (Å²) in [7, 11) is 0. The molecular formula is C40H23N3S. The van der Waals surface area contributed by atoms with Crippen molar-refractivity contribution in [3.05, 3.63) is 149 Å². The van der Waals surface area contributed by atoms with Gasteiger partial charge in [0, 0.05) is 36.9 Å². The zero-order valence-corrected chi connectivity index (χ0v) is 24.4. The fraction of sp³-hybridized carbons (Fsp3) is 0.0500. The first-order chi connectivity index (χ1) is 21.7.